The molecule has 0 bridgehead atoms. The summed E-state index contributed by atoms with van der Waals surface area (Å²) in [6, 6.07) is 5.04. The van der Waals surface area contributed by atoms with Crippen LogP contribution in [-0.4, -0.2) is 13.7 Å². The Labute approximate surface area is 94.6 Å². The molecule has 0 radical (unpaired) electrons. The van der Waals surface area contributed by atoms with Crippen LogP contribution in [0.1, 0.15) is 0 Å². The zero-order valence-corrected chi connectivity index (χ0v) is 9.55. The largest absolute Gasteiger partial charge is 0.497 e. The topological polar surface area (TPSA) is 18.5 Å². The second kappa shape index (κ2) is 5.70. The first kappa shape index (κ1) is 12.0. The molecule has 0 amide bonds. The monoisotopic (exact) mass is 278 g/mol. The molecule has 0 aliphatic heterocycles. The van der Waals surface area contributed by atoms with Gasteiger partial charge in [0.15, 0.2) is 0 Å². The smallest absolute Gasteiger partial charge is 0.269 e. The number of hydrogen-bond donors (Lipinski definition) is 0. The lowest BCUT2D eigenvalue weighted by atomic mass is 10.3. The van der Waals surface area contributed by atoms with Crippen LogP contribution in [0.25, 0.3) is 0 Å². The lowest BCUT2D eigenvalue weighted by molar-refractivity contribution is 0.341. The highest BCUT2D eigenvalue weighted by Crippen LogP contribution is 2.29. The van der Waals surface area contributed by atoms with E-state index in [0.29, 0.717) is 22.0 Å². The minimum atomic E-state index is -1.75. The third-order valence-corrected chi connectivity index (χ3v) is 2.24. The van der Waals surface area contributed by atoms with Gasteiger partial charge in [0.2, 0.25) is 0 Å². The number of benzene rings is 1. The number of methoxy groups -OCH3 is 1. The van der Waals surface area contributed by atoms with Crippen LogP contribution >= 0.6 is 15.9 Å². The van der Waals surface area contributed by atoms with E-state index in [2.05, 4.69) is 15.9 Å². The highest BCUT2D eigenvalue weighted by molar-refractivity contribution is 9.10. The van der Waals surface area contributed by atoms with Crippen molar-refractivity contribution in [2.24, 2.45) is 0 Å². The van der Waals surface area contributed by atoms with Gasteiger partial charge < -0.3 is 9.47 Å². The minimum absolute atomic E-state index is 0.159. The van der Waals surface area contributed by atoms with E-state index in [4.69, 9.17) is 9.47 Å². The van der Waals surface area contributed by atoms with Gasteiger partial charge in [-0.2, -0.15) is 8.78 Å². The lowest BCUT2D eigenvalue weighted by Crippen LogP contribution is -1.95. The zero-order chi connectivity index (χ0) is 11.3. The molecule has 0 fully saturated rings. The fourth-order valence-corrected chi connectivity index (χ4v) is 1.39. The van der Waals surface area contributed by atoms with E-state index in [0.717, 1.165) is 0 Å². The van der Waals surface area contributed by atoms with Crippen LogP contribution in [0.2, 0.25) is 0 Å². The van der Waals surface area contributed by atoms with Crippen LogP contribution < -0.4 is 9.47 Å². The summed E-state index contributed by atoms with van der Waals surface area (Å²) < 4.78 is 34.1. The van der Waals surface area contributed by atoms with Crippen molar-refractivity contribution in [1.82, 2.24) is 0 Å². The van der Waals surface area contributed by atoms with Crippen LogP contribution in [0.5, 0.6) is 11.5 Å². The third kappa shape index (κ3) is 3.87. The first-order valence-corrected chi connectivity index (χ1v) is 4.90. The number of hydrogen-bond acceptors (Lipinski definition) is 2. The minimum Gasteiger partial charge on any atom is -0.497 e. The highest BCUT2D eigenvalue weighted by Gasteiger charge is 2.02. The maximum atomic E-state index is 11.7. The van der Waals surface area contributed by atoms with Crippen molar-refractivity contribution < 1.29 is 18.3 Å². The summed E-state index contributed by atoms with van der Waals surface area (Å²) in [5, 5.41) is 0. The molecule has 0 spiro atoms. The van der Waals surface area contributed by atoms with E-state index in [9.17, 15) is 8.78 Å². The molecule has 0 saturated heterocycles. The summed E-state index contributed by atoms with van der Waals surface area (Å²) in [6.45, 7) is -0.159. The maximum Gasteiger partial charge on any atom is 0.269 e. The first-order chi connectivity index (χ1) is 7.13. The van der Waals surface area contributed by atoms with Gasteiger partial charge in [0.1, 0.15) is 18.1 Å². The van der Waals surface area contributed by atoms with Crippen molar-refractivity contribution in [3.05, 3.63) is 34.8 Å². The second-order valence-corrected chi connectivity index (χ2v) is 3.46. The molecular formula is C10H9BrF2O2. The van der Waals surface area contributed by atoms with Crippen molar-refractivity contribution in [3.63, 3.8) is 0 Å². The van der Waals surface area contributed by atoms with E-state index in [1.54, 1.807) is 25.3 Å². The highest BCUT2D eigenvalue weighted by atomic mass is 79.9. The van der Waals surface area contributed by atoms with Gasteiger partial charge in [0, 0.05) is 6.08 Å². The first-order valence-electron chi connectivity index (χ1n) is 4.11. The second-order valence-electron chi connectivity index (χ2n) is 2.60. The molecule has 1 aromatic carbocycles. The molecule has 0 heterocycles. The van der Waals surface area contributed by atoms with E-state index in [-0.39, 0.29) is 6.61 Å². The van der Waals surface area contributed by atoms with Gasteiger partial charge in [-0.15, -0.1) is 0 Å². The Morgan fingerprint density at radius 2 is 2.20 bits per heavy atom. The van der Waals surface area contributed by atoms with E-state index >= 15 is 0 Å². The molecule has 0 unspecified atom stereocenters. The predicted molar refractivity (Wildman–Crippen MR) is 56.5 cm³/mol. The SMILES string of the molecule is COc1ccc(OCC=C(F)F)c(Br)c1. The molecule has 82 valence electrons. The fourth-order valence-electron chi connectivity index (χ4n) is 0.920. The molecule has 0 aromatic heterocycles. The standard InChI is InChI=1S/C10H9BrF2O2/c1-14-7-2-3-9(8(11)6-7)15-5-4-10(12)13/h2-4,6H,5H2,1H3. The molecule has 0 N–H and O–H groups in total. The summed E-state index contributed by atoms with van der Waals surface area (Å²) in [5.41, 5.74) is 0. The Balaban J connectivity index is 2.66. The summed E-state index contributed by atoms with van der Waals surface area (Å²) in [7, 11) is 1.55. The van der Waals surface area contributed by atoms with Gasteiger partial charge in [0.25, 0.3) is 6.08 Å². The molecule has 0 saturated carbocycles. The Bertz CT molecular complexity index is 362. The lowest BCUT2D eigenvalue weighted by Gasteiger charge is -2.07. The van der Waals surface area contributed by atoms with E-state index in [1.807, 2.05) is 0 Å². The van der Waals surface area contributed by atoms with Crippen LogP contribution in [0.4, 0.5) is 8.78 Å². The molecule has 1 aromatic rings. The average molecular weight is 279 g/mol. The summed E-state index contributed by atoms with van der Waals surface area (Å²) in [4.78, 5) is 0. The molecule has 2 nitrogen and oxygen atoms in total. The number of ether oxygens (including phenoxy) is 2. The van der Waals surface area contributed by atoms with Crippen molar-refractivity contribution in [2.75, 3.05) is 13.7 Å². The van der Waals surface area contributed by atoms with Crippen LogP contribution in [0, 0.1) is 0 Å². The Kier molecular flexibility index (Phi) is 4.55. The molecule has 0 aliphatic carbocycles. The molecular weight excluding hydrogens is 270 g/mol. The molecule has 1 rings (SSSR count). The predicted octanol–water partition coefficient (Wildman–Crippen LogP) is 3.62. The normalized spacial score (nSPS) is 9.60. The Hall–Kier alpha value is -1.10. The van der Waals surface area contributed by atoms with Crippen LogP contribution in [0.3, 0.4) is 0 Å². The number of halogens is 3. The molecule has 15 heavy (non-hydrogen) atoms. The van der Waals surface area contributed by atoms with Crippen molar-refractivity contribution in [1.29, 1.82) is 0 Å². The summed E-state index contributed by atoms with van der Waals surface area (Å²) in [5.74, 6) is 1.16. The van der Waals surface area contributed by atoms with Gasteiger partial charge in [0.05, 0.1) is 11.6 Å². The van der Waals surface area contributed by atoms with Crippen molar-refractivity contribution in [3.8, 4) is 11.5 Å². The molecule has 0 aliphatic rings. The van der Waals surface area contributed by atoms with Crippen LogP contribution in [-0.2, 0) is 0 Å². The maximum absolute atomic E-state index is 11.7. The van der Waals surface area contributed by atoms with E-state index < -0.39 is 6.08 Å². The zero-order valence-electron chi connectivity index (χ0n) is 7.97. The van der Waals surface area contributed by atoms with Gasteiger partial charge in [-0.25, -0.2) is 0 Å². The van der Waals surface area contributed by atoms with Crippen molar-refractivity contribution in [2.45, 2.75) is 0 Å². The van der Waals surface area contributed by atoms with Crippen molar-refractivity contribution >= 4 is 15.9 Å². The van der Waals surface area contributed by atoms with Gasteiger partial charge in [-0.05, 0) is 34.1 Å². The Morgan fingerprint density at radius 3 is 2.73 bits per heavy atom. The molecule has 0 atom stereocenters. The number of rotatable bonds is 4. The quantitative estimate of drug-likeness (QED) is 0.838. The summed E-state index contributed by atoms with van der Waals surface area (Å²) in [6.07, 6.45) is -1.05. The average Bonchev–Trinajstić information content (AvgIpc) is 2.20. The van der Waals surface area contributed by atoms with Crippen LogP contribution in [0.15, 0.2) is 34.8 Å². The fraction of sp³-hybridized carbons (Fsp3) is 0.200. The van der Waals surface area contributed by atoms with Gasteiger partial charge >= 0.3 is 0 Å². The third-order valence-electron chi connectivity index (χ3n) is 1.62. The van der Waals surface area contributed by atoms with Gasteiger partial charge in [-0.3, -0.25) is 0 Å². The Morgan fingerprint density at radius 1 is 1.47 bits per heavy atom. The van der Waals surface area contributed by atoms with E-state index in [1.165, 1.54) is 0 Å². The summed E-state index contributed by atoms with van der Waals surface area (Å²) >= 11 is 3.24. The molecule has 5 heteroatoms. The van der Waals surface area contributed by atoms with Gasteiger partial charge in [-0.1, -0.05) is 0 Å².